The zero-order valence-electron chi connectivity index (χ0n) is 17.0. The minimum atomic E-state index is -4.68. The van der Waals surface area contributed by atoms with Gasteiger partial charge in [-0.25, -0.2) is 23.5 Å². The lowest BCUT2D eigenvalue weighted by Gasteiger charge is -2.32. The molecule has 32 heavy (non-hydrogen) atoms. The third-order valence-corrected chi connectivity index (χ3v) is 5.41. The molecule has 0 saturated carbocycles. The monoisotopic (exact) mass is 457 g/mol. The van der Waals surface area contributed by atoms with E-state index in [0.717, 1.165) is 12.1 Å². The molecule has 1 amide bonds. The molecule has 7 nitrogen and oxygen atoms in total. The number of pyridine rings is 2. The zero-order valence-corrected chi connectivity index (χ0v) is 17.0. The number of aromatic nitrogens is 2. The van der Waals surface area contributed by atoms with E-state index in [2.05, 4.69) is 20.6 Å². The molecule has 1 saturated heterocycles. The van der Waals surface area contributed by atoms with Crippen LogP contribution in [0.2, 0.25) is 0 Å². The first-order chi connectivity index (χ1) is 15.1. The minimum Gasteiger partial charge on any atom is -0.434 e. The number of cyclic esters (lactones) is 1. The first-order valence-corrected chi connectivity index (χ1v) is 10.00. The molecule has 4 rings (SSSR count). The molecule has 0 aromatic carbocycles. The molecule has 0 radical (unpaired) electrons. The molecule has 0 bridgehead atoms. The molecule has 1 atom stereocenters. The summed E-state index contributed by atoms with van der Waals surface area (Å²) in [4.78, 5) is 21.8. The van der Waals surface area contributed by atoms with Crippen LogP contribution in [-0.2, 0) is 10.9 Å². The molecular formula is C20H20F5N5O2. The third-order valence-electron chi connectivity index (χ3n) is 5.41. The summed E-state index contributed by atoms with van der Waals surface area (Å²) in [5, 5.41) is 5.35. The lowest BCUT2D eigenvalue weighted by Crippen LogP contribution is -2.44. The van der Waals surface area contributed by atoms with Crippen LogP contribution in [0.1, 0.15) is 30.6 Å². The van der Waals surface area contributed by atoms with Crippen LogP contribution >= 0.6 is 0 Å². The van der Waals surface area contributed by atoms with Crippen molar-refractivity contribution in [3.63, 3.8) is 0 Å². The Morgan fingerprint density at radius 1 is 1.19 bits per heavy atom. The van der Waals surface area contributed by atoms with Gasteiger partial charge in [-0.3, -0.25) is 5.32 Å². The molecule has 2 aliphatic rings. The van der Waals surface area contributed by atoms with Gasteiger partial charge in [0.15, 0.2) is 6.10 Å². The number of hydrogen-bond acceptors (Lipinski definition) is 6. The second-order valence-corrected chi connectivity index (χ2v) is 7.48. The lowest BCUT2D eigenvalue weighted by atomic mass is 9.94. The molecule has 2 aromatic rings. The van der Waals surface area contributed by atoms with Gasteiger partial charge in [0, 0.05) is 44.4 Å². The number of nitrogens with zero attached hydrogens (tertiary/aromatic N) is 3. The molecular weight excluding hydrogens is 437 g/mol. The fourth-order valence-corrected chi connectivity index (χ4v) is 3.71. The first kappa shape index (κ1) is 22.2. The molecule has 1 fully saturated rings. The number of amides is 1. The predicted molar refractivity (Wildman–Crippen MR) is 106 cm³/mol. The van der Waals surface area contributed by atoms with Gasteiger partial charge in [-0.15, -0.1) is 0 Å². The fourth-order valence-electron chi connectivity index (χ4n) is 3.71. The summed E-state index contributed by atoms with van der Waals surface area (Å²) >= 11 is 0. The topological polar surface area (TPSA) is 79.4 Å². The number of carbonyl (C=O) groups is 1. The van der Waals surface area contributed by atoms with E-state index in [1.807, 2.05) is 0 Å². The average Bonchev–Trinajstić information content (AvgIpc) is 2.77. The van der Waals surface area contributed by atoms with Gasteiger partial charge in [0.05, 0.1) is 16.8 Å². The predicted octanol–water partition coefficient (Wildman–Crippen LogP) is 4.22. The maximum atomic E-state index is 14.7. The van der Waals surface area contributed by atoms with Crippen LogP contribution < -0.4 is 15.5 Å². The number of piperazine rings is 1. The van der Waals surface area contributed by atoms with Crippen LogP contribution in [0.15, 0.2) is 24.4 Å². The van der Waals surface area contributed by atoms with E-state index in [4.69, 9.17) is 4.74 Å². The normalized spacial score (nSPS) is 19.2. The molecule has 2 aromatic heterocycles. The highest BCUT2D eigenvalue weighted by atomic mass is 19.4. The van der Waals surface area contributed by atoms with E-state index >= 15 is 0 Å². The number of alkyl halides is 5. The number of anilines is 2. The van der Waals surface area contributed by atoms with Crippen molar-refractivity contribution in [2.24, 2.45) is 0 Å². The molecule has 0 aliphatic carbocycles. The van der Waals surface area contributed by atoms with Gasteiger partial charge in [0.2, 0.25) is 0 Å². The number of halogens is 5. The molecule has 172 valence electrons. The second-order valence-electron chi connectivity index (χ2n) is 7.48. The summed E-state index contributed by atoms with van der Waals surface area (Å²) < 4.78 is 75.2. The molecule has 2 aliphatic heterocycles. The number of rotatable bonds is 4. The highest BCUT2D eigenvalue weighted by molar-refractivity contribution is 5.89. The Labute approximate surface area is 180 Å². The van der Waals surface area contributed by atoms with Crippen LogP contribution in [0.3, 0.4) is 0 Å². The van der Waals surface area contributed by atoms with Crippen molar-refractivity contribution in [2.75, 3.05) is 36.4 Å². The maximum absolute atomic E-state index is 14.7. The van der Waals surface area contributed by atoms with Crippen molar-refractivity contribution in [1.82, 2.24) is 15.3 Å². The smallest absolute Gasteiger partial charge is 0.416 e. The van der Waals surface area contributed by atoms with Crippen molar-refractivity contribution in [2.45, 2.75) is 31.5 Å². The highest BCUT2D eigenvalue weighted by Crippen LogP contribution is 2.46. The van der Waals surface area contributed by atoms with Gasteiger partial charge < -0.3 is 15.0 Å². The number of ether oxygens (including phenoxy) is 1. The van der Waals surface area contributed by atoms with Gasteiger partial charge in [-0.1, -0.05) is 6.92 Å². The van der Waals surface area contributed by atoms with Crippen LogP contribution in [0.4, 0.5) is 38.4 Å². The molecule has 0 spiro atoms. The molecule has 2 N–H and O–H groups in total. The van der Waals surface area contributed by atoms with Gasteiger partial charge in [-0.2, -0.15) is 13.2 Å². The largest absolute Gasteiger partial charge is 0.434 e. The molecule has 4 heterocycles. The van der Waals surface area contributed by atoms with Gasteiger partial charge >= 0.3 is 12.3 Å². The minimum absolute atomic E-state index is 0.0180. The number of hydrogen-bond donors (Lipinski definition) is 2. The maximum Gasteiger partial charge on any atom is 0.416 e. The van der Waals surface area contributed by atoms with E-state index in [-0.39, 0.29) is 28.5 Å². The lowest BCUT2D eigenvalue weighted by molar-refractivity contribution is -0.137. The number of nitrogens with one attached hydrogen (secondary N) is 2. The Morgan fingerprint density at radius 2 is 1.91 bits per heavy atom. The summed E-state index contributed by atoms with van der Waals surface area (Å²) in [7, 11) is 0. The Morgan fingerprint density at radius 3 is 2.56 bits per heavy atom. The van der Waals surface area contributed by atoms with Gasteiger partial charge in [0.25, 0.3) is 5.92 Å². The van der Waals surface area contributed by atoms with E-state index < -0.39 is 36.3 Å². The van der Waals surface area contributed by atoms with Crippen LogP contribution in [-0.4, -0.2) is 48.2 Å². The van der Waals surface area contributed by atoms with Crippen molar-refractivity contribution < 1.29 is 31.5 Å². The summed E-state index contributed by atoms with van der Waals surface area (Å²) in [6.45, 7) is 3.25. The van der Waals surface area contributed by atoms with Crippen molar-refractivity contribution in [3.05, 3.63) is 35.5 Å². The van der Waals surface area contributed by atoms with Gasteiger partial charge in [0.1, 0.15) is 11.6 Å². The number of carbonyl (C=O) groups excluding carboxylic acids is 1. The quantitative estimate of drug-likeness (QED) is 0.670. The first-order valence-electron chi connectivity index (χ1n) is 10.00. The van der Waals surface area contributed by atoms with Crippen molar-refractivity contribution >= 4 is 17.7 Å². The van der Waals surface area contributed by atoms with Crippen molar-refractivity contribution in [1.29, 1.82) is 0 Å². The van der Waals surface area contributed by atoms with Crippen LogP contribution in [0.5, 0.6) is 0 Å². The third kappa shape index (κ3) is 4.18. The van der Waals surface area contributed by atoms with E-state index in [1.165, 1.54) is 19.2 Å². The van der Waals surface area contributed by atoms with Gasteiger partial charge in [-0.05, 0) is 18.2 Å². The average molecular weight is 457 g/mol. The summed E-state index contributed by atoms with van der Waals surface area (Å²) in [5.41, 5.74) is -1.35. The fraction of sp³-hybridized carbons (Fsp3) is 0.450. The highest BCUT2D eigenvalue weighted by Gasteiger charge is 2.47. The Hall–Kier alpha value is -3.02. The van der Waals surface area contributed by atoms with Crippen LogP contribution in [0.25, 0.3) is 11.3 Å². The Bertz CT molecular complexity index is 1020. The van der Waals surface area contributed by atoms with E-state index in [9.17, 15) is 26.7 Å². The summed E-state index contributed by atoms with van der Waals surface area (Å²) in [6, 6.07) is 3.04. The molecule has 12 heteroatoms. The summed E-state index contributed by atoms with van der Waals surface area (Å²) in [6.07, 6.45) is -7.24. The van der Waals surface area contributed by atoms with Crippen LogP contribution in [0, 0.1) is 0 Å². The van der Waals surface area contributed by atoms with E-state index in [0.29, 0.717) is 26.2 Å². The second kappa shape index (κ2) is 8.15. The zero-order chi connectivity index (χ0) is 23.1. The Balaban J connectivity index is 1.90. The SMILES string of the molecule is CCC(F)(F)[C@@H]1OC(=O)Nc2nccc(-c3cc(C(F)(F)F)cc(N4CCNCC4)n3)c21. The number of fused-ring (bicyclic) bond motifs is 1. The Kier molecular flexibility index (Phi) is 5.65. The molecule has 0 unspecified atom stereocenters. The van der Waals surface area contributed by atoms with Crippen molar-refractivity contribution in [3.8, 4) is 11.3 Å². The van der Waals surface area contributed by atoms with E-state index in [1.54, 1.807) is 4.90 Å². The standard InChI is InChI=1S/C20H20F5N5O2/c1-2-19(21,22)16-15-12(3-4-27-17(15)29-18(31)32-16)13-9-11(20(23,24)25)10-14(28-13)30-7-5-26-6-8-30/h3-4,9-10,16,26H,2,5-8H2,1H3,(H,27,29,31)/t16-/m1/s1. The summed E-state index contributed by atoms with van der Waals surface area (Å²) in [5.74, 6) is -3.57.